The molecule has 1 aliphatic rings. The van der Waals surface area contributed by atoms with Gasteiger partial charge in [-0.15, -0.1) is 0 Å². The molecule has 1 atom stereocenters. The fraction of sp³-hybridized carbons (Fsp3) is 0.600. The van der Waals surface area contributed by atoms with Gasteiger partial charge in [0.2, 0.25) is 0 Å². The first-order valence-electron chi connectivity index (χ1n) is 6.92. The highest BCUT2D eigenvalue weighted by atomic mass is 35.5. The van der Waals surface area contributed by atoms with Crippen LogP contribution < -0.4 is 10.1 Å². The largest absolute Gasteiger partial charge is 0.490 e. The molecule has 1 aromatic rings. The summed E-state index contributed by atoms with van der Waals surface area (Å²) < 4.78 is 5.87. The van der Waals surface area contributed by atoms with Crippen molar-refractivity contribution in [3.05, 3.63) is 29.3 Å². The molecule has 1 aromatic carbocycles. The molecule has 2 nitrogen and oxygen atoms in total. The minimum absolute atomic E-state index is 0.453. The van der Waals surface area contributed by atoms with Crippen molar-refractivity contribution in [1.29, 1.82) is 0 Å². The van der Waals surface area contributed by atoms with Crippen molar-refractivity contribution in [2.24, 2.45) is 5.92 Å². The third-order valence-corrected chi connectivity index (χ3v) is 4.00. The molecule has 1 fully saturated rings. The summed E-state index contributed by atoms with van der Waals surface area (Å²) >= 11 is 6.10. The molecule has 1 N–H and O–H groups in total. The Labute approximate surface area is 115 Å². The summed E-state index contributed by atoms with van der Waals surface area (Å²) in [5.74, 6) is 1.55. The number of nitrogens with one attached hydrogen (secondary N) is 1. The number of ether oxygens (including phenoxy) is 1. The van der Waals surface area contributed by atoms with Gasteiger partial charge in [-0.1, -0.05) is 43.5 Å². The van der Waals surface area contributed by atoms with Crippen LogP contribution in [0.2, 0.25) is 5.02 Å². The van der Waals surface area contributed by atoms with Crippen LogP contribution in [0.1, 0.15) is 32.6 Å². The molecule has 0 aromatic heterocycles. The lowest BCUT2D eigenvalue weighted by atomic mass is 9.99. The van der Waals surface area contributed by atoms with Gasteiger partial charge in [0, 0.05) is 6.04 Å². The lowest BCUT2D eigenvalue weighted by Crippen LogP contribution is -2.40. The van der Waals surface area contributed by atoms with E-state index >= 15 is 0 Å². The van der Waals surface area contributed by atoms with Crippen molar-refractivity contribution in [3.8, 4) is 5.75 Å². The zero-order valence-corrected chi connectivity index (χ0v) is 11.7. The molecule has 18 heavy (non-hydrogen) atoms. The Bertz CT molecular complexity index is 363. The topological polar surface area (TPSA) is 21.3 Å². The summed E-state index contributed by atoms with van der Waals surface area (Å²) in [4.78, 5) is 0. The summed E-state index contributed by atoms with van der Waals surface area (Å²) in [6, 6.07) is 8.13. The monoisotopic (exact) mass is 267 g/mol. The molecular formula is C15H22ClNO. The van der Waals surface area contributed by atoms with Crippen molar-refractivity contribution < 1.29 is 4.74 Å². The van der Waals surface area contributed by atoms with Crippen molar-refractivity contribution in [2.45, 2.75) is 38.6 Å². The summed E-state index contributed by atoms with van der Waals surface area (Å²) in [5.41, 5.74) is 0. The molecule has 0 aliphatic heterocycles. The number of rotatable bonds is 6. The zero-order valence-electron chi connectivity index (χ0n) is 11.0. The van der Waals surface area contributed by atoms with E-state index in [9.17, 15) is 0 Å². The Kier molecular flexibility index (Phi) is 5.33. The molecule has 0 radical (unpaired) electrons. The smallest absolute Gasteiger partial charge is 0.137 e. The third-order valence-electron chi connectivity index (χ3n) is 3.69. The van der Waals surface area contributed by atoms with Crippen molar-refractivity contribution in [3.63, 3.8) is 0 Å². The van der Waals surface area contributed by atoms with Gasteiger partial charge >= 0.3 is 0 Å². The summed E-state index contributed by atoms with van der Waals surface area (Å²) in [5, 5.41) is 4.24. The van der Waals surface area contributed by atoms with Gasteiger partial charge in [0.05, 0.1) is 5.02 Å². The van der Waals surface area contributed by atoms with E-state index in [2.05, 4.69) is 12.2 Å². The number of benzene rings is 1. The summed E-state index contributed by atoms with van der Waals surface area (Å²) in [7, 11) is 0. The predicted molar refractivity (Wildman–Crippen MR) is 76.4 cm³/mol. The first kappa shape index (κ1) is 13.7. The molecule has 1 aliphatic carbocycles. The van der Waals surface area contributed by atoms with Crippen LogP contribution in [0.3, 0.4) is 0 Å². The molecule has 0 bridgehead atoms. The van der Waals surface area contributed by atoms with Crippen LogP contribution in [-0.4, -0.2) is 19.2 Å². The molecule has 1 saturated carbocycles. The van der Waals surface area contributed by atoms with E-state index in [1.54, 1.807) is 0 Å². The highest BCUT2D eigenvalue weighted by molar-refractivity contribution is 6.32. The van der Waals surface area contributed by atoms with Crippen LogP contribution >= 0.6 is 11.6 Å². The minimum Gasteiger partial charge on any atom is -0.490 e. The molecule has 1 unspecified atom stereocenters. The van der Waals surface area contributed by atoms with E-state index in [1.165, 1.54) is 25.7 Å². The molecule has 0 amide bonds. The standard InChI is InChI=1S/C15H22ClNO/c1-2-17-14(12-7-3-4-8-12)11-18-15-10-6-5-9-13(15)16/h5-6,9-10,12,14,17H,2-4,7-8,11H2,1H3. The zero-order chi connectivity index (χ0) is 12.8. The molecule has 2 rings (SSSR count). The normalized spacial score (nSPS) is 17.9. The fourth-order valence-electron chi connectivity index (χ4n) is 2.72. The van der Waals surface area contributed by atoms with Crippen LogP contribution in [-0.2, 0) is 0 Å². The van der Waals surface area contributed by atoms with Gasteiger partial charge in [0.25, 0.3) is 0 Å². The Balaban J connectivity index is 1.91. The molecule has 100 valence electrons. The van der Waals surface area contributed by atoms with E-state index in [0.717, 1.165) is 18.2 Å². The van der Waals surface area contributed by atoms with Gasteiger partial charge in [0.1, 0.15) is 12.4 Å². The van der Waals surface area contributed by atoms with Crippen molar-refractivity contribution in [2.75, 3.05) is 13.2 Å². The lowest BCUT2D eigenvalue weighted by Gasteiger charge is -2.24. The van der Waals surface area contributed by atoms with Crippen LogP contribution in [0.25, 0.3) is 0 Å². The maximum absolute atomic E-state index is 6.10. The van der Waals surface area contributed by atoms with E-state index in [4.69, 9.17) is 16.3 Å². The van der Waals surface area contributed by atoms with Crippen LogP contribution in [0.4, 0.5) is 0 Å². The van der Waals surface area contributed by atoms with Crippen LogP contribution in [0.15, 0.2) is 24.3 Å². The number of para-hydroxylation sites is 1. The summed E-state index contributed by atoms with van der Waals surface area (Å²) in [6.45, 7) is 3.85. The van der Waals surface area contributed by atoms with Gasteiger partial charge in [0.15, 0.2) is 0 Å². The first-order valence-corrected chi connectivity index (χ1v) is 7.29. The minimum atomic E-state index is 0.453. The quantitative estimate of drug-likeness (QED) is 0.844. The average Bonchev–Trinajstić information content (AvgIpc) is 2.90. The number of likely N-dealkylation sites (N-methyl/N-ethyl adjacent to an activating group) is 1. The van der Waals surface area contributed by atoms with Crippen molar-refractivity contribution in [1.82, 2.24) is 5.32 Å². The second kappa shape index (κ2) is 7.01. The number of hydrogen-bond donors (Lipinski definition) is 1. The molecule has 3 heteroatoms. The van der Waals surface area contributed by atoms with Gasteiger partial charge in [-0.05, 0) is 37.4 Å². The fourth-order valence-corrected chi connectivity index (χ4v) is 2.92. The maximum Gasteiger partial charge on any atom is 0.137 e. The molecule has 0 spiro atoms. The highest BCUT2D eigenvalue weighted by Gasteiger charge is 2.24. The number of halogens is 1. The lowest BCUT2D eigenvalue weighted by molar-refractivity contribution is 0.219. The molecule has 0 saturated heterocycles. The Morgan fingerprint density at radius 1 is 1.33 bits per heavy atom. The third kappa shape index (κ3) is 3.63. The highest BCUT2D eigenvalue weighted by Crippen LogP contribution is 2.29. The summed E-state index contributed by atoms with van der Waals surface area (Å²) in [6.07, 6.45) is 5.37. The van der Waals surface area contributed by atoms with E-state index in [-0.39, 0.29) is 0 Å². The maximum atomic E-state index is 6.10. The Morgan fingerprint density at radius 3 is 2.72 bits per heavy atom. The van der Waals surface area contributed by atoms with E-state index in [0.29, 0.717) is 17.7 Å². The van der Waals surface area contributed by atoms with E-state index in [1.807, 2.05) is 24.3 Å². The Morgan fingerprint density at radius 2 is 2.06 bits per heavy atom. The first-order chi connectivity index (χ1) is 8.81. The predicted octanol–water partition coefficient (Wildman–Crippen LogP) is 3.89. The van der Waals surface area contributed by atoms with Gasteiger partial charge in [-0.2, -0.15) is 0 Å². The van der Waals surface area contributed by atoms with Crippen LogP contribution in [0.5, 0.6) is 5.75 Å². The van der Waals surface area contributed by atoms with Gasteiger partial charge in [-0.3, -0.25) is 0 Å². The second-order valence-electron chi connectivity index (χ2n) is 4.95. The SMILES string of the molecule is CCNC(COc1ccccc1Cl)C1CCCC1. The van der Waals surface area contributed by atoms with E-state index < -0.39 is 0 Å². The van der Waals surface area contributed by atoms with Gasteiger partial charge < -0.3 is 10.1 Å². The number of hydrogen-bond acceptors (Lipinski definition) is 2. The average molecular weight is 268 g/mol. The van der Waals surface area contributed by atoms with Crippen molar-refractivity contribution >= 4 is 11.6 Å². The second-order valence-corrected chi connectivity index (χ2v) is 5.36. The molecule has 0 heterocycles. The molecular weight excluding hydrogens is 246 g/mol. The van der Waals surface area contributed by atoms with Gasteiger partial charge in [-0.25, -0.2) is 0 Å². The van der Waals surface area contributed by atoms with Crippen LogP contribution in [0, 0.1) is 5.92 Å². The Hall–Kier alpha value is -0.730.